The maximum absolute atomic E-state index is 13.6. The minimum atomic E-state index is -0.584. The lowest BCUT2D eigenvalue weighted by atomic mass is 9.79. The van der Waals surface area contributed by atoms with Crippen molar-refractivity contribution < 1.29 is 53.6 Å². The van der Waals surface area contributed by atoms with E-state index in [1.165, 1.54) is 0 Å². The van der Waals surface area contributed by atoms with Gasteiger partial charge in [-0.2, -0.15) is 0 Å². The third kappa shape index (κ3) is 10.7. The zero-order valence-corrected chi connectivity index (χ0v) is 31.5. The molecule has 0 spiro atoms. The molecule has 1 amide bonds. The average Bonchev–Trinajstić information content (AvgIpc) is 3.23. The summed E-state index contributed by atoms with van der Waals surface area (Å²) in [5.41, 5.74) is 3.48. The molecule has 13 heteroatoms. The predicted octanol–water partition coefficient (Wildman–Crippen LogP) is 7.15. The van der Waals surface area contributed by atoms with Crippen LogP contribution in [-0.2, 0) is 34.1 Å². The van der Waals surface area contributed by atoms with Gasteiger partial charge in [-0.3, -0.25) is 10.4 Å². The molecule has 6 rings (SSSR count). The Morgan fingerprint density at radius 2 is 1.50 bits per heavy atom. The summed E-state index contributed by atoms with van der Waals surface area (Å²) in [5, 5.41) is 30.0. The van der Waals surface area contributed by atoms with E-state index in [2.05, 4.69) is 10.9 Å². The number of piperidine rings is 1. The standard InChI is InChI=1S/C43H48N2O11/c1-50-39-11-6-4-9-34(39)29-52-20-7-21-53-36-18-14-32(15-19-36)42-35(26-46)24-44(43(47)56-37-16-12-30(13-17-37)28-55-45(48)49)25-41(42)54-27-31-22-33-8-3-5-10-38(33)40(23-31)51-2/h3-6,8-19,22-23,35,41-42,46,48-49H,7,20-21,24-29H2,1-2H3. The highest BCUT2D eigenvalue weighted by Gasteiger charge is 2.40. The average molecular weight is 769 g/mol. The first kappa shape index (κ1) is 40.4. The number of fused-ring (bicyclic) bond motifs is 1. The maximum Gasteiger partial charge on any atom is 0.415 e. The molecule has 0 saturated carbocycles. The number of hydrogen-bond donors (Lipinski definition) is 3. The second kappa shape index (κ2) is 20.1. The van der Waals surface area contributed by atoms with Crippen molar-refractivity contribution in [3.05, 3.63) is 131 Å². The van der Waals surface area contributed by atoms with E-state index in [0.717, 1.165) is 39.0 Å². The number of aliphatic hydroxyl groups is 1. The molecular formula is C43H48N2O11. The van der Waals surface area contributed by atoms with Crippen LogP contribution >= 0.6 is 0 Å². The largest absolute Gasteiger partial charge is 0.496 e. The minimum absolute atomic E-state index is 0.0946. The molecule has 0 radical (unpaired) electrons. The van der Waals surface area contributed by atoms with E-state index in [-0.39, 0.29) is 50.1 Å². The van der Waals surface area contributed by atoms with Crippen LogP contribution < -0.4 is 18.9 Å². The van der Waals surface area contributed by atoms with Crippen molar-refractivity contribution in [3.8, 4) is 23.0 Å². The number of likely N-dealkylation sites (tertiary alicyclic amines) is 1. The highest BCUT2D eigenvalue weighted by molar-refractivity contribution is 5.89. The molecule has 3 atom stereocenters. The minimum Gasteiger partial charge on any atom is -0.496 e. The number of carbonyl (C=O) groups is 1. The van der Waals surface area contributed by atoms with E-state index in [1.54, 1.807) is 43.4 Å². The van der Waals surface area contributed by atoms with Gasteiger partial charge in [0.1, 0.15) is 23.0 Å². The Morgan fingerprint density at radius 3 is 2.25 bits per heavy atom. The van der Waals surface area contributed by atoms with Gasteiger partial charge in [0.2, 0.25) is 0 Å². The zero-order valence-electron chi connectivity index (χ0n) is 31.5. The normalized spacial score (nSPS) is 16.9. The number of methoxy groups -OCH3 is 2. The molecule has 1 aliphatic rings. The van der Waals surface area contributed by atoms with Gasteiger partial charge in [-0.1, -0.05) is 66.7 Å². The van der Waals surface area contributed by atoms with Crippen LogP contribution in [0.3, 0.4) is 0 Å². The van der Waals surface area contributed by atoms with Crippen molar-refractivity contribution in [2.24, 2.45) is 5.92 Å². The third-order valence-corrected chi connectivity index (χ3v) is 9.72. The first-order valence-electron chi connectivity index (χ1n) is 18.4. The predicted molar refractivity (Wildman–Crippen MR) is 206 cm³/mol. The molecule has 5 aromatic rings. The van der Waals surface area contributed by atoms with Crippen LogP contribution in [0.4, 0.5) is 4.79 Å². The Labute approximate surface area is 325 Å². The first-order chi connectivity index (χ1) is 27.3. The Kier molecular flexibility index (Phi) is 14.5. The van der Waals surface area contributed by atoms with Gasteiger partial charge < -0.3 is 38.4 Å². The fourth-order valence-electron chi connectivity index (χ4n) is 6.95. The van der Waals surface area contributed by atoms with E-state index in [9.17, 15) is 9.90 Å². The first-order valence-corrected chi connectivity index (χ1v) is 18.4. The van der Waals surface area contributed by atoms with Crippen LogP contribution in [0.25, 0.3) is 10.8 Å². The molecule has 1 saturated heterocycles. The van der Waals surface area contributed by atoms with Crippen LogP contribution in [0.15, 0.2) is 109 Å². The molecule has 0 bridgehead atoms. The van der Waals surface area contributed by atoms with Crippen molar-refractivity contribution in [3.63, 3.8) is 0 Å². The number of aliphatic hydroxyl groups excluding tert-OH is 1. The summed E-state index contributed by atoms with van der Waals surface area (Å²) < 4.78 is 35.3. The van der Waals surface area contributed by atoms with E-state index < -0.39 is 12.2 Å². The van der Waals surface area contributed by atoms with Crippen LogP contribution in [0, 0.1) is 5.92 Å². The van der Waals surface area contributed by atoms with Gasteiger partial charge in [-0.15, -0.1) is 0 Å². The molecule has 1 aliphatic heterocycles. The quantitative estimate of drug-likeness (QED) is 0.0614. The fraction of sp³-hybridized carbons (Fsp3) is 0.326. The molecule has 1 fully saturated rings. The molecule has 13 nitrogen and oxygen atoms in total. The molecule has 1 heterocycles. The van der Waals surface area contributed by atoms with E-state index in [4.69, 9.17) is 38.8 Å². The second-order valence-electron chi connectivity index (χ2n) is 13.4. The molecule has 56 heavy (non-hydrogen) atoms. The molecule has 5 aromatic carbocycles. The second-order valence-corrected chi connectivity index (χ2v) is 13.4. The van der Waals surface area contributed by atoms with Crippen LogP contribution in [0.2, 0.25) is 0 Å². The van der Waals surface area contributed by atoms with Crippen molar-refractivity contribution in [2.45, 2.75) is 38.3 Å². The summed E-state index contributed by atoms with van der Waals surface area (Å²) in [5.74, 6) is 1.94. The molecule has 3 N–H and O–H groups in total. The summed E-state index contributed by atoms with van der Waals surface area (Å²) in [6.07, 6.45) is -0.380. The number of carbonyl (C=O) groups excluding carboxylic acids is 1. The molecule has 3 unspecified atom stereocenters. The Balaban J connectivity index is 1.13. The van der Waals surface area contributed by atoms with Gasteiger partial charge in [0.05, 0.1) is 65.3 Å². The van der Waals surface area contributed by atoms with Crippen LogP contribution in [0.5, 0.6) is 23.0 Å². The van der Waals surface area contributed by atoms with Gasteiger partial charge in [0, 0.05) is 42.4 Å². The fourth-order valence-corrected chi connectivity index (χ4v) is 6.95. The SMILES string of the molecule is COc1ccccc1COCCCOc1ccc(C2C(CO)CN(C(=O)Oc3ccc(CON(O)O)cc3)CC2OCc2cc(OC)c3ccccc3c2)cc1. The number of nitrogens with zero attached hydrogens (tertiary/aromatic N) is 2. The number of benzene rings is 5. The number of ether oxygens (including phenoxy) is 6. The van der Waals surface area contributed by atoms with E-state index in [1.807, 2.05) is 78.9 Å². The number of para-hydroxylation sites is 1. The lowest BCUT2D eigenvalue weighted by Crippen LogP contribution is -2.53. The van der Waals surface area contributed by atoms with E-state index in [0.29, 0.717) is 43.3 Å². The zero-order chi connectivity index (χ0) is 39.3. The monoisotopic (exact) mass is 768 g/mol. The highest BCUT2D eigenvalue weighted by Crippen LogP contribution is 2.37. The van der Waals surface area contributed by atoms with Crippen molar-refractivity contribution in [1.29, 1.82) is 0 Å². The number of rotatable bonds is 18. The highest BCUT2D eigenvalue weighted by atomic mass is 17.1. The number of amides is 1. The molecular weight excluding hydrogens is 720 g/mol. The number of hydrogen-bond acceptors (Lipinski definition) is 12. The smallest absolute Gasteiger partial charge is 0.415 e. The summed E-state index contributed by atoms with van der Waals surface area (Å²) in [4.78, 5) is 19.8. The van der Waals surface area contributed by atoms with Gasteiger partial charge in [-0.25, -0.2) is 9.63 Å². The van der Waals surface area contributed by atoms with Crippen LogP contribution in [0.1, 0.15) is 34.6 Å². The molecule has 296 valence electrons. The van der Waals surface area contributed by atoms with Gasteiger partial charge in [0.15, 0.2) is 0 Å². The lowest BCUT2D eigenvalue weighted by Gasteiger charge is -2.43. The summed E-state index contributed by atoms with van der Waals surface area (Å²) in [6, 6.07) is 34.0. The maximum atomic E-state index is 13.6. The van der Waals surface area contributed by atoms with Crippen molar-refractivity contribution >= 4 is 16.9 Å². The third-order valence-electron chi connectivity index (χ3n) is 9.72. The van der Waals surface area contributed by atoms with Crippen molar-refractivity contribution in [2.75, 3.05) is 47.1 Å². The summed E-state index contributed by atoms with van der Waals surface area (Å²) in [7, 11) is 3.29. The van der Waals surface area contributed by atoms with Crippen LogP contribution in [-0.4, -0.2) is 85.1 Å². The lowest BCUT2D eigenvalue weighted by molar-refractivity contribution is -0.497. The summed E-state index contributed by atoms with van der Waals surface area (Å²) in [6.45, 7) is 1.89. The van der Waals surface area contributed by atoms with E-state index >= 15 is 0 Å². The topological polar surface area (TPSA) is 149 Å². The van der Waals surface area contributed by atoms with Crippen molar-refractivity contribution in [1.82, 2.24) is 10.3 Å². The molecule has 0 aliphatic carbocycles. The Morgan fingerprint density at radius 1 is 0.768 bits per heavy atom. The summed E-state index contributed by atoms with van der Waals surface area (Å²) >= 11 is 0. The molecule has 0 aromatic heterocycles. The Bertz CT molecular complexity index is 1990. The van der Waals surface area contributed by atoms with Gasteiger partial charge >= 0.3 is 6.09 Å². The van der Waals surface area contributed by atoms with Gasteiger partial charge in [0.25, 0.3) is 0 Å². The van der Waals surface area contributed by atoms with Gasteiger partial charge in [-0.05, 0) is 64.5 Å². The Hall–Kier alpha value is -5.25.